The summed E-state index contributed by atoms with van der Waals surface area (Å²) in [6.07, 6.45) is 12.3. The normalized spacial score (nSPS) is 27.6. The molecule has 3 saturated heterocycles. The molecule has 5 fully saturated rings. The molecule has 12 heteroatoms. The lowest BCUT2D eigenvalue weighted by Crippen LogP contribution is -2.61. The monoisotopic (exact) mass is 743 g/mol. The molecule has 0 amide bonds. The summed E-state index contributed by atoms with van der Waals surface area (Å²) in [5.74, 6) is -0.796. The molecule has 5 aliphatic rings. The van der Waals surface area contributed by atoms with E-state index in [0.717, 1.165) is 51.9 Å². The van der Waals surface area contributed by atoms with Gasteiger partial charge in [-0.25, -0.2) is 8.78 Å². The van der Waals surface area contributed by atoms with Crippen LogP contribution in [-0.4, -0.2) is 100 Å². The predicted molar refractivity (Wildman–Crippen MR) is 202 cm³/mol. The number of β-amino-alcohol motifs (C(OH)–C–C–N with tert-alkyl or cyclic N) is 1. The van der Waals surface area contributed by atoms with Gasteiger partial charge >= 0.3 is 6.01 Å². The summed E-state index contributed by atoms with van der Waals surface area (Å²) < 4.78 is 50.3. The molecule has 2 aliphatic carbocycles. The van der Waals surface area contributed by atoms with Crippen LogP contribution in [-0.2, 0) is 15.9 Å². The van der Waals surface area contributed by atoms with Crippen LogP contribution in [0.1, 0.15) is 77.2 Å². The number of anilines is 1. The highest BCUT2D eigenvalue weighted by molar-refractivity contribution is 6.01. The highest BCUT2D eigenvalue weighted by atomic mass is 19.1. The first-order chi connectivity index (χ1) is 26.1. The van der Waals surface area contributed by atoms with Crippen LogP contribution in [0.4, 0.5) is 14.6 Å². The van der Waals surface area contributed by atoms with Crippen molar-refractivity contribution in [1.29, 1.82) is 0 Å². The van der Waals surface area contributed by atoms with Gasteiger partial charge in [0, 0.05) is 49.0 Å². The Balaban J connectivity index is 1.09. The number of benzene rings is 2. The van der Waals surface area contributed by atoms with E-state index in [2.05, 4.69) is 9.88 Å². The highest BCUT2D eigenvalue weighted by Gasteiger charge is 2.55. The second-order valence-corrected chi connectivity index (χ2v) is 17.0. The van der Waals surface area contributed by atoms with E-state index in [0.29, 0.717) is 71.2 Å². The number of hydrogen-bond acceptors (Lipinski definition) is 10. The Morgan fingerprint density at radius 2 is 1.81 bits per heavy atom. The molecule has 1 spiro atoms. The maximum atomic E-state index is 17.2. The number of nitrogens with zero attached hydrogens (tertiary/aromatic N) is 5. The van der Waals surface area contributed by atoms with Crippen molar-refractivity contribution in [2.45, 2.75) is 95.7 Å². The molecule has 3 unspecified atom stereocenters. The Bertz CT molecular complexity index is 2070. The van der Waals surface area contributed by atoms with Gasteiger partial charge in [0.2, 0.25) is 0 Å². The van der Waals surface area contributed by atoms with Crippen LogP contribution < -0.4 is 9.64 Å². The minimum absolute atomic E-state index is 0.0118. The van der Waals surface area contributed by atoms with E-state index in [9.17, 15) is 10.2 Å². The van der Waals surface area contributed by atoms with Crippen LogP contribution in [0.5, 0.6) is 11.8 Å². The van der Waals surface area contributed by atoms with Crippen LogP contribution in [0.2, 0.25) is 0 Å². The van der Waals surface area contributed by atoms with Gasteiger partial charge in [-0.2, -0.15) is 9.97 Å². The molecule has 3 atom stereocenters. The molecule has 2 aromatic carbocycles. The van der Waals surface area contributed by atoms with E-state index in [1.807, 2.05) is 11.8 Å². The molecular weight excluding hydrogens is 692 g/mol. The smallest absolute Gasteiger partial charge is 0.319 e. The Morgan fingerprint density at radius 1 is 1.00 bits per heavy atom. The Labute approximate surface area is 314 Å². The number of hydrogen-bond donors (Lipinski definition) is 2. The molecule has 2 aromatic heterocycles. The van der Waals surface area contributed by atoms with Crippen molar-refractivity contribution in [3.05, 3.63) is 47.7 Å². The average Bonchev–Trinajstić information content (AvgIpc) is 3.50. The number of aliphatic hydroxyl groups is 1. The quantitative estimate of drug-likeness (QED) is 0.206. The average molecular weight is 744 g/mol. The first-order valence-corrected chi connectivity index (χ1v) is 19.9. The van der Waals surface area contributed by atoms with E-state index in [4.69, 9.17) is 24.2 Å². The van der Waals surface area contributed by atoms with E-state index in [1.54, 1.807) is 19.1 Å². The van der Waals surface area contributed by atoms with Gasteiger partial charge in [0.15, 0.2) is 5.82 Å². The van der Waals surface area contributed by atoms with E-state index in [-0.39, 0.29) is 47.1 Å². The third-order valence-electron chi connectivity index (χ3n) is 13.4. The molecule has 2 saturated carbocycles. The van der Waals surface area contributed by atoms with Gasteiger partial charge in [0.1, 0.15) is 34.2 Å². The third kappa shape index (κ3) is 6.27. The summed E-state index contributed by atoms with van der Waals surface area (Å²) in [6.45, 7) is 7.98. The lowest BCUT2D eigenvalue weighted by atomic mass is 9.60. The number of pyridine rings is 1. The minimum atomic E-state index is -1.17. The summed E-state index contributed by atoms with van der Waals surface area (Å²) in [5, 5.41) is 23.3. The zero-order valence-corrected chi connectivity index (χ0v) is 31.4. The van der Waals surface area contributed by atoms with Crippen LogP contribution in [0.25, 0.3) is 32.9 Å². The molecule has 5 heterocycles. The summed E-state index contributed by atoms with van der Waals surface area (Å²) in [4.78, 5) is 18.9. The Morgan fingerprint density at radius 3 is 2.63 bits per heavy atom. The molecular formula is C42H51F2N5O5. The van der Waals surface area contributed by atoms with Gasteiger partial charge in [0.25, 0.3) is 0 Å². The summed E-state index contributed by atoms with van der Waals surface area (Å²) in [6, 6.07) is 7.02. The molecule has 2 N–H and O–H groups in total. The maximum absolute atomic E-state index is 17.2. The topological polar surface area (TPSA) is 113 Å². The van der Waals surface area contributed by atoms with Gasteiger partial charge in [-0.1, -0.05) is 19.4 Å². The van der Waals surface area contributed by atoms with Gasteiger partial charge in [-0.15, -0.1) is 0 Å². The number of likely N-dealkylation sites (tertiary alicyclic amines) is 1. The molecule has 10 nitrogen and oxygen atoms in total. The highest BCUT2D eigenvalue weighted by Crippen LogP contribution is 2.56. The first-order valence-electron chi connectivity index (χ1n) is 19.9. The number of phenols is 1. The van der Waals surface area contributed by atoms with Gasteiger partial charge in [-0.3, -0.25) is 9.88 Å². The number of halogens is 2. The van der Waals surface area contributed by atoms with Gasteiger partial charge in [0.05, 0.1) is 31.8 Å². The van der Waals surface area contributed by atoms with Crippen LogP contribution in [0.15, 0.2) is 30.5 Å². The fourth-order valence-electron chi connectivity index (χ4n) is 10.7. The zero-order chi connectivity index (χ0) is 37.2. The summed E-state index contributed by atoms with van der Waals surface area (Å²) in [7, 11) is 0. The molecule has 288 valence electrons. The Hall–Kier alpha value is -3.71. The van der Waals surface area contributed by atoms with Crippen molar-refractivity contribution >= 4 is 27.5 Å². The summed E-state index contributed by atoms with van der Waals surface area (Å²) >= 11 is 0. The van der Waals surface area contributed by atoms with Crippen molar-refractivity contribution in [3.63, 3.8) is 0 Å². The van der Waals surface area contributed by atoms with E-state index >= 15 is 8.78 Å². The number of aryl methyl sites for hydroxylation is 1. The van der Waals surface area contributed by atoms with Crippen molar-refractivity contribution in [2.24, 2.45) is 10.8 Å². The number of fused-ring (bicyclic) bond motifs is 3. The molecule has 0 bridgehead atoms. The first kappa shape index (κ1) is 36.0. The SMILES string of the molecule is CCc1c(F)ccc2cc(O)cc(-c3ncc4c(N5CCOCC(C)(O)C5)nc(OCC56CCCC5N(C5CC7(CCOCC7)C5)CCC6)nc4c3F)c12. The minimum Gasteiger partial charge on any atom is -0.508 e. The number of aromatic nitrogens is 3. The van der Waals surface area contributed by atoms with E-state index in [1.165, 1.54) is 44.0 Å². The fourth-order valence-corrected chi connectivity index (χ4v) is 10.7. The van der Waals surface area contributed by atoms with Crippen LogP contribution in [0.3, 0.4) is 0 Å². The van der Waals surface area contributed by atoms with Gasteiger partial charge in [-0.05, 0) is 111 Å². The van der Waals surface area contributed by atoms with Crippen molar-refractivity contribution in [3.8, 4) is 23.0 Å². The third-order valence-corrected chi connectivity index (χ3v) is 13.4. The van der Waals surface area contributed by atoms with Crippen molar-refractivity contribution in [2.75, 3.05) is 57.6 Å². The van der Waals surface area contributed by atoms with Crippen molar-refractivity contribution in [1.82, 2.24) is 19.9 Å². The Kier molecular flexibility index (Phi) is 9.18. The molecule has 9 rings (SSSR count). The summed E-state index contributed by atoms with van der Waals surface area (Å²) in [5.41, 5.74) is -0.108. The van der Waals surface area contributed by atoms with Crippen molar-refractivity contribution < 1.29 is 33.2 Å². The fraction of sp³-hybridized carbons (Fsp3) is 0.595. The van der Waals surface area contributed by atoms with E-state index < -0.39 is 17.2 Å². The number of rotatable bonds is 7. The lowest BCUT2D eigenvalue weighted by molar-refractivity contribution is -0.112. The number of aromatic hydroxyl groups is 1. The number of piperidine rings is 1. The van der Waals surface area contributed by atoms with Crippen LogP contribution >= 0.6 is 0 Å². The van der Waals surface area contributed by atoms with Gasteiger partial charge < -0.3 is 29.3 Å². The number of ether oxygens (including phenoxy) is 3. The molecule has 3 aliphatic heterocycles. The van der Waals surface area contributed by atoms with Crippen LogP contribution in [0, 0.1) is 22.5 Å². The molecule has 4 aromatic rings. The second-order valence-electron chi connectivity index (χ2n) is 17.0. The maximum Gasteiger partial charge on any atom is 0.319 e. The number of phenolic OH excluding ortho intramolecular Hbond substituents is 1. The lowest BCUT2D eigenvalue weighted by Gasteiger charge is -2.58. The standard InChI is InChI=1S/C42H51F2N5O5/c1-3-29-32(43)8-7-26-18-28(50)19-30(34(26)29)36-35(44)37-31(22-45-36)38(48-14-17-53-24-40(2,51)23-48)47-39(46-37)54-25-42-9-4-6-33(42)49(13-5-10-42)27-20-41(21-27)11-15-52-16-12-41/h7-8,18-19,22,27,33,50-51H,3-6,9-17,20-21,23-25H2,1-2H3. The largest absolute Gasteiger partial charge is 0.508 e. The molecule has 0 radical (unpaired) electrons. The predicted octanol–water partition coefficient (Wildman–Crippen LogP) is 6.95. The molecule has 54 heavy (non-hydrogen) atoms. The zero-order valence-electron chi connectivity index (χ0n) is 31.4. The second kappa shape index (κ2) is 13.8.